The molecule has 0 saturated heterocycles. The zero-order chi connectivity index (χ0) is 9.14. The molecule has 0 bridgehead atoms. The van der Waals surface area contributed by atoms with E-state index in [1.807, 2.05) is 0 Å². The van der Waals surface area contributed by atoms with Crippen molar-refractivity contribution in [2.45, 2.75) is 6.10 Å². The normalized spacial score (nSPS) is 13.0. The summed E-state index contributed by atoms with van der Waals surface area (Å²) in [5.41, 5.74) is 0.192. The van der Waals surface area contributed by atoms with E-state index in [9.17, 15) is 9.50 Å². The van der Waals surface area contributed by atoms with Gasteiger partial charge in [-0.15, -0.1) is 0 Å². The van der Waals surface area contributed by atoms with Crippen molar-refractivity contribution in [3.8, 4) is 0 Å². The second kappa shape index (κ2) is 4.12. The predicted octanol–water partition coefficient (Wildman–Crippen LogP) is 2.44. The van der Waals surface area contributed by atoms with Gasteiger partial charge in [0.2, 0.25) is 0 Å². The van der Waals surface area contributed by atoms with Crippen molar-refractivity contribution in [1.29, 1.82) is 0 Å². The van der Waals surface area contributed by atoms with E-state index < -0.39 is 11.9 Å². The van der Waals surface area contributed by atoms with Gasteiger partial charge in [0, 0.05) is 16.3 Å². The molecule has 1 unspecified atom stereocenters. The molecule has 0 aliphatic heterocycles. The van der Waals surface area contributed by atoms with Crippen molar-refractivity contribution in [3.05, 3.63) is 34.6 Å². The Morgan fingerprint density at radius 3 is 2.83 bits per heavy atom. The van der Waals surface area contributed by atoms with Gasteiger partial charge in [-0.1, -0.05) is 11.6 Å². The maximum atomic E-state index is 13.0. The summed E-state index contributed by atoms with van der Waals surface area (Å²) in [4.78, 5) is 0. The Kier molecular flexibility index (Phi) is 3.38. The summed E-state index contributed by atoms with van der Waals surface area (Å²) in [7, 11) is 0. The fourth-order valence-corrected chi connectivity index (χ4v) is 1.25. The van der Waals surface area contributed by atoms with Crippen molar-refractivity contribution in [2.75, 3.05) is 5.75 Å². The minimum absolute atomic E-state index is 0.178. The third-order valence-electron chi connectivity index (χ3n) is 1.49. The van der Waals surface area contributed by atoms with E-state index in [2.05, 4.69) is 12.6 Å². The van der Waals surface area contributed by atoms with E-state index in [1.165, 1.54) is 18.2 Å². The predicted molar refractivity (Wildman–Crippen MR) is 50.2 cm³/mol. The average Bonchev–Trinajstić information content (AvgIpc) is 2.08. The maximum Gasteiger partial charge on any atom is 0.129 e. The highest BCUT2D eigenvalue weighted by Gasteiger charge is 2.10. The van der Waals surface area contributed by atoms with Crippen LogP contribution >= 0.6 is 24.2 Å². The highest BCUT2D eigenvalue weighted by molar-refractivity contribution is 7.80. The zero-order valence-corrected chi connectivity index (χ0v) is 7.82. The van der Waals surface area contributed by atoms with Crippen LogP contribution < -0.4 is 0 Å². The molecule has 0 aromatic heterocycles. The maximum absolute atomic E-state index is 13.0. The Morgan fingerprint density at radius 2 is 2.25 bits per heavy atom. The molecule has 1 N–H and O–H groups in total. The first-order valence-electron chi connectivity index (χ1n) is 3.39. The number of hydrogen-bond acceptors (Lipinski definition) is 2. The lowest BCUT2D eigenvalue weighted by Gasteiger charge is -2.08. The molecule has 4 heteroatoms. The van der Waals surface area contributed by atoms with Gasteiger partial charge in [0.25, 0.3) is 0 Å². The Bertz CT molecular complexity index is 280. The van der Waals surface area contributed by atoms with Crippen molar-refractivity contribution in [2.24, 2.45) is 0 Å². The molecule has 1 atom stereocenters. The summed E-state index contributed by atoms with van der Waals surface area (Å²) < 4.78 is 13.0. The van der Waals surface area contributed by atoms with E-state index in [1.54, 1.807) is 0 Å². The smallest absolute Gasteiger partial charge is 0.129 e. The lowest BCUT2D eigenvalue weighted by molar-refractivity contribution is 0.199. The third kappa shape index (κ3) is 2.12. The van der Waals surface area contributed by atoms with Crippen LogP contribution in [0.4, 0.5) is 4.39 Å². The molecule has 0 amide bonds. The Morgan fingerprint density at radius 1 is 1.58 bits per heavy atom. The first-order chi connectivity index (χ1) is 5.65. The van der Waals surface area contributed by atoms with E-state index in [0.29, 0.717) is 5.02 Å². The van der Waals surface area contributed by atoms with Crippen LogP contribution in [0.1, 0.15) is 11.7 Å². The number of halogens is 2. The first kappa shape index (κ1) is 9.84. The highest BCUT2D eigenvalue weighted by atomic mass is 35.5. The lowest BCUT2D eigenvalue weighted by atomic mass is 10.1. The van der Waals surface area contributed by atoms with Gasteiger partial charge in [0.1, 0.15) is 5.82 Å². The monoisotopic (exact) mass is 206 g/mol. The van der Waals surface area contributed by atoms with Crippen molar-refractivity contribution < 1.29 is 9.50 Å². The van der Waals surface area contributed by atoms with Gasteiger partial charge in [-0.25, -0.2) is 4.39 Å². The Balaban J connectivity index is 3.04. The largest absolute Gasteiger partial charge is 0.387 e. The van der Waals surface area contributed by atoms with Crippen LogP contribution in [0.3, 0.4) is 0 Å². The average molecular weight is 207 g/mol. The molecule has 0 fully saturated rings. The standard InChI is InChI=1S/C8H8ClFOS/c9-5-1-2-7(10)6(3-5)8(11)4-12/h1-3,8,11-12H,4H2. The van der Waals surface area contributed by atoms with Gasteiger partial charge in [0.05, 0.1) is 6.10 Å². The number of thiol groups is 1. The van der Waals surface area contributed by atoms with Crippen LogP contribution in [-0.4, -0.2) is 10.9 Å². The van der Waals surface area contributed by atoms with E-state index in [-0.39, 0.29) is 11.3 Å². The Hall–Kier alpha value is -0.250. The molecule has 1 rings (SSSR count). The van der Waals surface area contributed by atoms with Gasteiger partial charge in [0.15, 0.2) is 0 Å². The van der Waals surface area contributed by atoms with Crippen LogP contribution in [0.5, 0.6) is 0 Å². The molecule has 66 valence electrons. The lowest BCUT2D eigenvalue weighted by Crippen LogP contribution is -2.01. The second-order valence-corrected chi connectivity index (χ2v) is 3.17. The summed E-state index contributed by atoms with van der Waals surface area (Å²) in [5.74, 6) is -0.280. The zero-order valence-electron chi connectivity index (χ0n) is 6.17. The molecule has 1 aromatic rings. The van der Waals surface area contributed by atoms with Crippen LogP contribution in [0.2, 0.25) is 5.02 Å². The molecule has 0 aliphatic carbocycles. The molecular formula is C8H8ClFOS. The van der Waals surface area contributed by atoms with E-state index in [4.69, 9.17) is 11.6 Å². The van der Waals surface area contributed by atoms with Crippen LogP contribution in [-0.2, 0) is 0 Å². The molecule has 0 spiro atoms. The molecule has 0 saturated carbocycles. The van der Waals surface area contributed by atoms with Crippen molar-refractivity contribution in [1.82, 2.24) is 0 Å². The molecule has 1 aromatic carbocycles. The SMILES string of the molecule is OC(CS)c1cc(Cl)ccc1F. The van der Waals surface area contributed by atoms with E-state index >= 15 is 0 Å². The van der Waals surface area contributed by atoms with Gasteiger partial charge in [-0.05, 0) is 18.2 Å². The van der Waals surface area contributed by atoms with E-state index in [0.717, 1.165) is 0 Å². The quantitative estimate of drug-likeness (QED) is 0.713. The number of aliphatic hydroxyl groups excluding tert-OH is 1. The topological polar surface area (TPSA) is 20.2 Å². The first-order valence-corrected chi connectivity index (χ1v) is 4.40. The molecule has 12 heavy (non-hydrogen) atoms. The molecule has 0 heterocycles. The van der Waals surface area contributed by atoms with Crippen LogP contribution in [0.15, 0.2) is 18.2 Å². The second-order valence-electron chi connectivity index (χ2n) is 2.36. The summed E-state index contributed by atoms with van der Waals surface area (Å²) in [5, 5.41) is 9.67. The molecule has 0 radical (unpaired) electrons. The van der Waals surface area contributed by atoms with Crippen molar-refractivity contribution >= 4 is 24.2 Å². The minimum atomic E-state index is -0.896. The van der Waals surface area contributed by atoms with Gasteiger partial charge >= 0.3 is 0 Å². The number of aliphatic hydroxyl groups is 1. The molecule has 1 nitrogen and oxygen atoms in total. The van der Waals surface area contributed by atoms with Crippen LogP contribution in [0.25, 0.3) is 0 Å². The number of benzene rings is 1. The van der Waals surface area contributed by atoms with Crippen molar-refractivity contribution in [3.63, 3.8) is 0 Å². The van der Waals surface area contributed by atoms with Gasteiger partial charge in [-0.3, -0.25) is 0 Å². The van der Waals surface area contributed by atoms with Gasteiger partial charge in [-0.2, -0.15) is 12.6 Å². The molecular weight excluding hydrogens is 199 g/mol. The summed E-state index contributed by atoms with van der Waals surface area (Å²) >= 11 is 9.46. The summed E-state index contributed by atoms with van der Waals surface area (Å²) in [6.07, 6.45) is -0.896. The number of hydrogen-bond donors (Lipinski definition) is 2. The van der Waals surface area contributed by atoms with Crippen LogP contribution in [0, 0.1) is 5.82 Å². The third-order valence-corrected chi connectivity index (χ3v) is 2.07. The fraction of sp³-hybridized carbons (Fsp3) is 0.250. The minimum Gasteiger partial charge on any atom is -0.387 e. The summed E-state index contributed by atoms with van der Waals surface area (Å²) in [6, 6.07) is 4.06. The number of rotatable bonds is 2. The summed E-state index contributed by atoms with van der Waals surface area (Å²) in [6.45, 7) is 0. The Labute approximate surface area is 80.6 Å². The highest BCUT2D eigenvalue weighted by Crippen LogP contribution is 2.21. The fourth-order valence-electron chi connectivity index (χ4n) is 0.868. The molecule has 0 aliphatic rings. The van der Waals surface area contributed by atoms with Gasteiger partial charge < -0.3 is 5.11 Å².